The number of pyridine rings is 5. The van der Waals surface area contributed by atoms with Crippen molar-refractivity contribution in [1.29, 1.82) is 0 Å². The van der Waals surface area contributed by atoms with Gasteiger partial charge in [-0.1, -0.05) is 116 Å². The van der Waals surface area contributed by atoms with Crippen LogP contribution in [0, 0.1) is 23.7 Å². The smallest absolute Gasteiger partial charge is 0.372 e. The summed E-state index contributed by atoms with van der Waals surface area (Å²) in [6.45, 7) is 6.59. The first kappa shape index (κ1) is 45.8. The zero-order valence-corrected chi connectivity index (χ0v) is 41.4. The fraction of sp³-hybridized carbons (Fsp3) is 0.141. The van der Waals surface area contributed by atoms with Gasteiger partial charge in [0.2, 0.25) is 0 Å². The molecular weight excluding hydrogens is 909 g/mol. The Morgan fingerprint density at radius 2 is 1.15 bits per heavy atom. The first-order valence-corrected chi connectivity index (χ1v) is 25.2. The van der Waals surface area contributed by atoms with Gasteiger partial charge in [-0.3, -0.25) is 0 Å². The van der Waals surface area contributed by atoms with Crippen LogP contribution in [0.3, 0.4) is 0 Å². The highest BCUT2D eigenvalue weighted by Crippen LogP contribution is 2.34. The van der Waals surface area contributed by atoms with Gasteiger partial charge in [0.1, 0.15) is 0 Å². The summed E-state index contributed by atoms with van der Waals surface area (Å²) in [5.41, 5.74) is 17.6. The van der Waals surface area contributed by atoms with Crippen molar-refractivity contribution in [3.63, 3.8) is 0 Å². The average molecular weight is 964 g/mol. The lowest BCUT2D eigenvalue weighted by atomic mass is 9.91. The number of benzene rings is 4. The third kappa shape index (κ3) is 9.11. The van der Waals surface area contributed by atoms with E-state index in [2.05, 4.69) is 280 Å². The van der Waals surface area contributed by atoms with E-state index in [1.807, 2.05) is 24.7 Å². The maximum atomic E-state index is 4.52. The first-order valence-electron chi connectivity index (χ1n) is 25.2. The van der Waals surface area contributed by atoms with Gasteiger partial charge >= 0.3 is 13.0 Å². The van der Waals surface area contributed by atoms with Gasteiger partial charge < -0.3 is 10.6 Å². The third-order valence-corrected chi connectivity index (χ3v) is 14.1. The molecule has 0 radical (unpaired) electrons. The molecule has 6 aromatic heterocycles. The molecule has 0 bridgehead atoms. The molecule has 0 saturated heterocycles. The quantitative estimate of drug-likeness (QED) is 0.0952. The fourth-order valence-electron chi connectivity index (χ4n) is 10.6. The van der Waals surface area contributed by atoms with Crippen LogP contribution in [0.5, 0.6) is 0 Å². The minimum Gasteiger partial charge on any atom is -0.372 e. The molecule has 10 nitrogen and oxygen atoms in total. The van der Waals surface area contributed by atoms with E-state index in [1.165, 1.54) is 56.4 Å². The van der Waals surface area contributed by atoms with Gasteiger partial charge in [0.25, 0.3) is 34.2 Å². The van der Waals surface area contributed by atoms with Crippen LogP contribution in [0.25, 0.3) is 45.3 Å². The Labute approximate surface area is 432 Å². The Bertz CT molecular complexity index is 3680. The average Bonchev–Trinajstić information content (AvgIpc) is 4.24. The van der Waals surface area contributed by atoms with E-state index < -0.39 is 0 Å². The Morgan fingerprint density at radius 1 is 0.568 bits per heavy atom. The van der Waals surface area contributed by atoms with Crippen LogP contribution >= 0.6 is 0 Å². The summed E-state index contributed by atoms with van der Waals surface area (Å²) in [6, 6.07) is 66.4. The lowest BCUT2D eigenvalue weighted by molar-refractivity contribution is -1.08. The summed E-state index contributed by atoms with van der Waals surface area (Å²) in [6.07, 6.45) is 10.8. The van der Waals surface area contributed by atoms with Crippen molar-refractivity contribution in [1.82, 2.24) is 20.3 Å². The van der Waals surface area contributed by atoms with Gasteiger partial charge in [-0.15, -0.1) is 26.1 Å². The Hall–Kier alpha value is -9.35. The van der Waals surface area contributed by atoms with Crippen molar-refractivity contribution in [2.24, 2.45) is 0 Å². The van der Waals surface area contributed by atoms with Crippen molar-refractivity contribution in [3.8, 4) is 69.0 Å². The van der Waals surface area contributed by atoms with E-state index in [0.717, 1.165) is 41.3 Å². The normalized spacial score (nSPS) is 12.4. The van der Waals surface area contributed by atoms with Gasteiger partial charge in [-0.2, -0.15) is 0 Å². The van der Waals surface area contributed by atoms with Gasteiger partial charge in [0, 0.05) is 90.9 Å². The van der Waals surface area contributed by atoms with Crippen LogP contribution in [0.1, 0.15) is 65.6 Å². The van der Waals surface area contributed by atoms with Gasteiger partial charge in [0.05, 0.1) is 24.0 Å². The molecule has 13 rings (SSSR count). The first-order chi connectivity index (χ1) is 36.6. The van der Waals surface area contributed by atoms with Crippen LogP contribution in [0.15, 0.2) is 219 Å². The molecular formula is C64H55N10+5. The van der Waals surface area contributed by atoms with E-state index in [9.17, 15) is 0 Å². The number of nitrogens with zero attached hydrogens (tertiary/aromatic N) is 8. The molecule has 0 amide bonds. The molecule has 9 heterocycles. The lowest BCUT2D eigenvalue weighted by Gasteiger charge is -2.20. The molecule has 74 heavy (non-hydrogen) atoms. The maximum absolute atomic E-state index is 4.52. The summed E-state index contributed by atoms with van der Waals surface area (Å²) in [4.78, 5) is 0. The molecule has 1 atom stereocenters. The molecule has 3 aliphatic rings. The molecule has 4 aromatic carbocycles. The summed E-state index contributed by atoms with van der Waals surface area (Å²) in [7, 11) is 0. The monoisotopic (exact) mass is 963 g/mol. The van der Waals surface area contributed by atoms with Crippen molar-refractivity contribution in [3.05, 3.63) is 253 Å². The zero-order valence-electron chi connectivity index (χ0n) is 41.4. The summed E-state index contributed by atoms with van der Waals surface area (Å²) >= 11 is 0. The summed E-state index contributed by atoms with van der Waals surface area (Å²) < 4.78 is 13.6. The van der Waals surface area contributed by atoms with Crippen LogP contribution in [-0.4, -0.2) is 21.5 Å². The second-order valence-corrected chi connectivity index (χ2v) is 18.8. The number of fused-ring (bicyclic) bond motifs is 9. The number of nitrogens with one attached hydrogen (secondary N) is 2. The number of hydrogen-bond donors (Lipinski definition) is 2. The molecule has 0 fully saturated rings. The Balaban J connectivity index is 0.000000168. The summed E-state index contributed by atoms with van der Waals surface area (Å²) in [5, 5.41) is 16.5. The SMILES string of the molecule is CC#Cc1ccc(-c2cc3[n+]4c(c2)-c2cccc[n+]2C4[n+]2ccccc2-3)cc1.CC#Cc1ccc(C(Cn2cc(CNCC(c3ccccc3)c3ccccc3)nn2)Nc2ccc3[n+](c2)C[n+]2ccccc2-3)cc1. The highest BCUT2D eigenvalue weighted by molar-refractivity contribution is 5.72. The minimum atomic E-state index is -0.0261. The lowest BCUT2D eigenvalue weighted by Crippen LogP contribution is -2.63. The second-order valence-electron chi connectivity index (χ2n) is 18.8. The highest BCUT2D eigenvalue weighted by atomic mass is 15.4. The van der Waals surface area contributed by atoms with E-state index in [0.29, 0.717) is 13.1 Å². The fourth-order valence-corrected chi connectivity index (χ4v) is 10.6. The van der Waals surface area contributed by atoms with Gasteiger partial charge in [0.15, 0.2) is 24.8 Å². The van der Waals surface area contributed by atoms with Crippen molar-refractivity contribution in [2.75, 3.05) is 11.9 Å². The molecule has 0 aliphatic carbocycles. The Kier molecular flexibility index (Phi) is 12.6. The molecule has 0 spiro atoms. The minimum absolute atomic E-state index is 0.0261. The zero-order chi connectivity index (χ0) is 49.8. The Morgan fingerprint density at radius 3 is 1.78 bits per heavy atom. The third-order valence-electron chi connectivity index (χ3n) is 14.1. The predicted molar refractivity (Wildman–Crippen MR) is 285 cm³/mol. The van der Waals surface area contributed by atoms with Gasteiger partial charge in [-0.25, -0.2) is 4.68 Å². The molecule has 10 aromatic rings. The van der Waals surface area contributed by atoms with E-state index >= 15 is 0 Å². The number of hydrogen-bond acceptors (Lipinski definition) is 4. The molecule has 1 unspecified atom stereocenters. The summed E-state index contributed by atoms with van der Waals surface area (Å²) in [5.74, 6) is 12.5. The predicted octanol–water partition coefficient (Wildman–Crippen LogP) is 8.59. The van der Waals surface area contributed by atoms with Crippen molar-refractivity contribution < 1.29 is 22.8 Å². The van der Waals surface area contributed by atoms with E-state index in [1.54, 1.807) is 0 Å². The molecule has 3 aliphatic heterocycles. The maximum Gasteiger partial charge on any atom is 0.555 e. The number of rotatable bonds is 12. The van der Waals surface area contributed by atoms with Crippen LogP contribution in [0.4, 0.5) is 5.69 Å². The van der Waals surface area contributed by atoms with Crippen molar-refractivity contribution in [2.45, 2.75) is 51.9 Å². The number of anilines is 1. The largest absolute Gasteiger partial charge is 0.555 e. The topological polar surface area (TPSA) is 74.2 Å². The van der Waals surface area contributed by atoms with Gasteiger partial charge in [-0.05, 0) is 90.2 Å². The second kappa shape index (κ2) is 20.4. The molecule has 0 saturated carbocycles. The van der Waals surface area contributed by atoms with Crippen LogP contribution < -0.4 is 33.5 Å². The van der Waals surface area contributed by atoms with E-state index in [4.69, 9.17) is 0 Å². The number of aromatic nitrogens is 8. The molecule has 2 N–H and O–H groups in total. The van der Waals surface area contributed by atoms with Crippen molar-refractivity contribution >= 4 is 5.69 Å². The van der Waals surface area contributed by atoms with Crippen LogP contribution in [0.2, 0.25) is 0 Å². The standard InChI is InChI=1S/C39H36N7.C25H18N3/c1-2-11-30-17-19-33(20-18-30)37(41-34-21-22-39-38-16-9-10-23-44(38)29-45(39)26-34)28-46-27-35(42-43-46)24-40-25-36(31-12-5-3-6-13-31)32-14-7-4-8-15-32;1-2-7-18-10-12-19(13-11-18)20-16-23-21-8-3-5-14-26(21)25-27-15-6-4-9-22(27)24(17-20)28(23)25/h3-10,12-23,26-27,36-37,40H,24-25,28-29H2,1H3;3-6,8-17,25H,1H3/q+1;+3/p+1. The molecule has 356 valence electrons. The highest BCUT2D eigenvalue weighted by Gasteiger charge is 2.59. The van der Waals surface area contributed by atoms with Crippen LogP contribution in [-0.2, 0) is 19.8 Å². The molecule has 10 heteroatoms. The van der Waals surface area contributed by atoms with E-state index in [-0.39, 0.29) is 18.2 Å².